The molecule has 140 valence electrons. The second-order valence-corrected chi connectivity index (χ2v) is 8.21. The maximum atomic E-state index is 13.0. The monoisotopic (exact) mass is 381 g/mol. The number of nitrogens with one attached hydrogen (secondary N) is 1. The van der Waals surface area contributed by atoms with Crippen molar-refractivity contribution < 1.29 is 4.79 Å². The molecular formula is C21H23N3O2S. The van der Waals surface area contributed by atoms with Crippen LogP contribution in [0.4, 0.5) is 0 Å². The zero-order chi connectivity index (χ0) is 18.8. The fraction of sp³-hybridized carbons (Fsp3) is 0.381. The summed E-state index contributed by atoms with van der Waals surface area (Å²) >= 11 is 1.58. The van der Waals surface area contributed by atoms with E-state index in [1.165, 1.54) is 17.5 Å². The minimum Gasteiger partial charge on any atom is -0.351 e. The van der Waals surface area contributed by atoms with Crippen molar-refractivity contribution in [3.63, 3.8) is 0 Å². The third kappa shape index (κ3) is 3.54. The summed E-state index contributed by atoms with van der Waals surface area (Å²) in [6, 6.07) is 10.0. The fourth-order valence-electron chi connectivity index (χ4n) is 3.64. The lowest BCUT2D eigenvalue weighted by Gasteiger charge is -2.13. The van der Waals surface area contributed by atoms with Gasteiger partial charge in [-0.15, -0.1) is 11.3 Å². The van der Waals surface area contributed by atoms with E-state index >= 15 is 0 Å². The van der Waals surface area contributed by atoms with Crippen molar-refractivity contribution in [3.05, 3.63) is 68.6 Å². The molecule has 0 spiro atoms. The molecule has 1 amide bonds. The highest BCUT2D eigenvalue weighted by Crippen LogP contribution is 2.27. The van der Waals surface area contributed by atoms with Crippen molar-refractivity contribution in [1.82, 2.24) is 14.7 Å². The molecule has 0 saturated carbocycles. The molecule has 5 nitrogen and oxygen atoms in total. The second kappa shape index (κ2) is 7.64. The summed E-state index contributed by atoms with van der Waals surface area (Å²) in [4.78, 5) is 32.0. The quantitative estimate of drug-likeness (QED) is 0.703. The van der Waals surface area contributed by atoms with Crippen molar-refractivity contribution >= 4 is 22.2 Å². The van der Waals surface area contributed by atoms with Crippen LogP contribution in [0.5, 0.6) is 0 Å². The summed E-state index contributed by atoms with van der Waals surface area (Å²) in [5, 5.41) is 2.90. The minimum atomic E-state index is -0.349. The number of carbonyl (C=O) groups is 1. The van der Waals surface area contributed by atoms with Gasteiger partial charge in [0.2, 0.25) is 0 Å². The Morgan fingerprint density at radius 3 is 2.81 bits per heavy atom. The maximum Gasteiger partial charge on any atom is 0.271 e. The van der Waals surface area contributed by atoms with Gasteiger partial charge >= 0.3 is 0 Å². The van der Waals surface area contributed by atoms with Crippen LogP contribution in [-0.4, -0.2) is 21.8 Å². The van der Waals surface area contributed by atoms with Gasteiger partial charge in [-0.05, 0) is 37.2 Å². The van der Waals surface area contributed by atoms with Crippen molar-refractivity contribution in [2.24, 2.45) is 0 Å². The van der Waals surface area contributed by atoms with Gasteiger partial charge in [0.05, 0.1) is 0 Å². The summed E-state index contributed by atoms with van der Waals surface area (Å²) in [7, 11) is 0. The van der Waals surface area contributed by atoms with E-state index in [1.54, 1.807) is 15.7 Å². The predicted molar refractivity (Wildman–Crippen MR) is 108 cm³/mol. The summed E-state index contributed by atoms with van der Waals surface area (Å²) < 4.78 is 1.67. The van der Waals surface area contributed by atoms with Gasteiger partial charge in [0.1, 0.15) is 5.56 Å². The Balaban J connectivity index is 1.58. The number of nitrogens with zero attached hydrogens (tertiary/aromatic N) is 2. The van der Waals surface area contributed by atoms with Crippen LogP contribution in [-0.2, 0) is 12.8 Å². The lowest BCUT2D eigenvalue weighted by molar-refractivity contribution is 0.0949. The van der Waals surface area contributed by atoms with Crippen molar-refractivity contribution in [2.75, 3.05) is 6.54 Å². The molecule has 0 fully saturated rings. The van der Waals surface area contributed by atoms with Crippen LogP contribution in [0, 0.1) is 0 Å². The molecular weight excluding hydrogens is 358 g/mol. The molecule has 2 aromatic heterocycles. The van der Waals surface area contributed by atoms with Crippen LogP contribution in [0.15, 0.2) is 41.3 Å². The van der Waals surface area contributed by atoms with E-state index in [9.17, 15) is 9.59 Å². The Morgan fingerprint density at radius 2 is 2.00 bits per heavy atom. The summed E-state index contributed by atoms with van der Waals surface area (Å²) in [6.45, 7) is 2.54. The van der Waals surface area contributed by atoms with Crippen molar-refractivity contribution in [3.8, 4) is 0 Å². The molecule has 1 aliphatic rings. The number of hydrogen-bond donors (Lipinski definition) is 1. The highest BCUT2D eigenvalue weighted by molar-refractivity contribution is 7.17. The standard InChI is InChI=1S/C21H23N3O2S/c1-14(15-8-4-2-5-9-15)12-22-19(25)16-13-23-21-24(20(16)26)17-10-6-3-7-11-18(17)27-21/h2,4-5,8-9,13-14H,3,6-7,10-12H2,1H3,(H,22,25). The number of fused-ring (bicyclic) bond motifs is 3. The lowest BCUT2D eigenvalue weighted by Crippen LogP contribution is -2.33. The van der Waals surface area contributed by atoms with Gasteiger partial charge in [0.25, 0.3) is 11.5 Å². The Hall–Kier alpha value is -2.47. The molecule has 0 saturated heterocycles. The van der Waals surface area contributed by atoms with Gasteiger partial charge in [-0.3, -0.25) is 14.0 Å². The number of hydrogen-bond acceptors (Lipinski definition) is 4. The smallest absolute Gasteiger partial charge is 0.271 e. The van der Waals surface area contributed by atoms with Crippen LogP contribution >= 0.6 is 11.3 Å². The van der Waals surface area contributed by atoms with E-state index < -0.39 is 0 Å². The molecule has 2 heterocycles. The zero-order valence-corrected chi connectivity index (χ0v) is 16.2. The van der Waals surface area contributed by atoms with E-state index in [0.29, 0.717) is 11.5 Å². The third-order valence-electron chi connectivity index (χ3n) is 5.23. The van der Waals surface area contributed by atoms with E-state index in [1.807, 2.05) is 30.3 Å². The number of aromatic nitrogens is 2. The molecule has 1 N–H and O–H groups in total. The Labute approximate surface area is 162 Å². The highest BCUT2D eigenvalue weighted by atomic mass is 32.1. The number of rotatable bonds is 4. The zero-order valence-electron chi connectivity index (χ0n) is 15.4. The largest absolute Gasteiger partial charge is 0.351 e. The van der Waals surface area contributed by atoms with Gasteiger partial charge in [0, 0.05) is 23.3 Å². The van der Waals surface area contributed by atoms with E-state index in [2.05, 4.69) is 17.2 Å². The Bertz CT molecular complexity index is 1020. The van der Waals surface area contributed by atoms with Crippen molar-refractivity contribution in [2.45, 2.75) is 44.9 Å². The SMILES string of the molecule is CC(CNC(=O)c1cnc2sc3c(n2c1=O)CCCCC3)c1ccccc1. The van der Waals surface area contributed by atoms with Gasteiger partial charge in [-0.2, -0.15) is 0 Å². The Morgan fingerprint density at radius 1 is 1.22 bits per heavy atom. The molecule has 1 atom stereocenters. The number of amides is 1. The van der Waals surface area contributed by atoms with Gasteiger partial charge in [-0.1, -0.05) is 43.7 Å². The molecule has 0 aliphatic heterocycles. The van der Waals surface area contributed by atoms with Crippen LogP contribution in [0.3, 0.4) is 0 Å². The molecule has 1 unspecified atom stereocenters. The average Bonchev–Trinajstić information content (AvgIpc) is 2.89. The van der Waals surface area contributed by atoms with E-state index in [4.69, 9.17) is 0 Å². The first-order chi connectivity index (χ1) is 13.1. The molecule has 0 bridgehead atoms. The fourth-order valence-corrected chi connectivity index (χ4v) is 4.81. The highest BCUT2D eigenvalue weighted by Gasteiger charge is 2.21. The topological polar surface area (TPSA) is 63.5 Å². The predicted octanol–water partition coefficient (Wildman–Crippen LogP) is 3.56. The first-order valence-corrected chi connectivity index (χ1v) is 10.3. The Kier molecular flexibility index (Phi) is 5.07. The van der Waals surface area contributed by atoms with Crippen LogP contribution in [0.25, 0.3) is 4.96 Å². The molecule has 27 heavy (non-hydrogen) atoms. The van der Waals surface area contributed by atoms with Crippen LogP contribution < -0.4 is 10.9 Å². The van der Waals surface area contributed by atoms with Crippen LogP contribution in [0.1, 0.15) is 58.6 Å². The lowest BCUT2D eigenvalue weighted by atomic mass is 10.0. The molecule has 3 aromatic rings. The first kappa shape index (κ1) is 17.9. The van der Waals surface area contributed by atoms with Gasteiger partial charge in [-0.25, -0.2) is 4.98 Å². The number of carbonyl (C=O) groups excluding carboxylic acids is 1. The minimum absolute atomic E-state index is 0.123. The van der Waals surface area contributed by atoms with Gasteiger partial charge < -0.3 is 5.32 Å². The normalized spacial score (nSPS) is 15.1. The van der Waals surface area contributed by atoms with Crippen molar-refractivity contribution in [1.29, 1.82) is 0 Å². The molecule has 1 aliphatic carbocycles. The maximum absolute atomic E-state index is 13.0. The van der Waals surface area contributed by atoms with E-state index in [-0.39, 0.29) is 22.9 Å². The summed E-state index contributed by atoms with van der Waals surface area (Å²) in [5.74, 6) is -0.176. The number of aryl methyl sites for hydroxylation is 2. The third-order valence-corrected chi connectivity index (χ3v) is 6.39. The molecule has 0 radical (unpaired) electrons. The summed E-state index contributed by atoms with van der Waals surface area (Å²) in [5.41, 5.74) is 2.09. The summed E-state index contributed by atoms with van der Waals surface area (Å²) in [6.07, 6.45) is 6.72. The number of benzene rings is 1. The molecule has 4 rings (SSSR count). The van der Waals surface area contributed by atoms with Crippen LogP contribution in [0.2, 0.25) is 0 Å². The van der Waals surface area contributed by atoms with Gasteiger partial charge in [0.15, 0.2) is 4.96 Å². The number of thiazole rings is 1. The molecule has 6 heteroatoms. The van der Waals surface area contributed by atoms with E-state index in [0.717, 1.165) is 36.9 Å². The molecule has 1 aromatic carbocycles. The average molecular weight is 382 g/mol. The first-order valence-electron chi connectivity index (χ1n) is 9.50. The second-order valence-electron chi connectivity index (χ2n) is 7.15.